The minimum atomic E-state index is 0.576. The Morgan fingerprint density at radius 2 is 0.602 bits per heavy atom. The Morgan fingerprint density at radius 1 is 0.229 bits per heavy atom. The van der Waals surface area contributed by atoms with Crippen LogP contribution >= 0.6 is 11.3 Å². The van der Waals surface area contributed by atoms with E-state index in [1.807, 2.05) is 47.7 Å². The number of nitrogens with zero attached hydrogens (tertiary/aromatic N) is 7. The van der Waals surface area contributed by atoms with Gasteiger partial charge in [-0.3, -0.25) is 0 Å². The van der Waals surface area contributed by atoms with E-state index in [2.05, 4.69) is 255 Å². The Labute approximate surface area is 479 Å². The van der Waals surface area contributed by atoms with Crippen molar-refractivity contribution in [3.8, 4) is 56.9 Å². The van der Waals surface area contributed by atoms with Gasteiger partial charge in [-0.05, 0) is 84.9 Å². The van der Waals surface area contributed by atoms with Gasteiger partial charge in [-0.1, -0.05) is 188 Å². The highest BCUT2D eigenvalue weighted by Gasteiger charge is 2.30. The molecular formula is C75H45N7S. The van der Waals surface area contributed by atoms with Crippen LogP contribution in [0.15, 0.2) is 273 Å². The van der Waals surface area contributed by atoms with E-state index in [0.29, 0.717) is 17.5 Å². The normalized spacial score (nSPS) is 12.1. The minimum Gasteiger partial charge on any atom is -0.309 e. The Morgan fingerprint density at radius 3 is 1.10 bits per heavy atom. The van der Waals surface area contributed by atoms with Crippen molar-refractivity contribution < 1.29 is 0 Å². The van der Waals surface area contributed by atoms with Crippen LogP contribution in [-0.2, 0) is 0 Å². The molecule has 0 fully saturated rings. The van der Waals surface area contributed by atoms with Crippen LogP contribution in [0.2, 0.25) is 0 Å². The first kappa shape index (κ1) is 45.9. The molecule has 0 saturated carbocycles. The van der Waals surface area contributed by atoms with Gasteiger partial charge in [0.05, 0.1) is 44.1 Å². The van der Waals surface area contributed by atoms with Gasteiger partial charge >= 0.3 is 0 Å². The third kappa shape index (κ3) is 6.75. The molecule has 0 unspecified atom stereocenters. The second-order valence-corrected chi connectivity index (χ2v) is 22.6. The predicted octanol–water partition coefficient (Wildman–Crippen LogP) is 19.6. The summed E-state index contributed by atoms with van der Waals surface area (Å²) in [6, 6.07) is 98.7. The highest BCUT2D eigenvalue weighted by molar-refractivity contribution is 7.25. The number of hydrogen-bond donors (Lipinski definition) is 0. The Bertz CT molecular complexity index is 5550. The maximum Gasteiger partial charge on any atom is 0.164 e. The van der Waals surface area contributed by atoms with Crippen LogP contribution in [0.25, 0.3) is 164 Å². The van der Waals surface area contributed by atoms with Crippen molar-refractivity contribution in [1.82, 2.24) is 33.2 Å². The highest BCUT2D eigenvalue weighted by Crippen LogP contribution is 2.51. The SMILES string of the molecule is c1ccc(-c2nc(-c3ccccc3)nc(-c3cc(-n4c5ccccc5c5cc6c(cc54)sc4ccccc46)cc(-n4c5ccccc5c5c6c(c7ccccc7n6-c6ccccc6)c6c(c7ccccc7n6-c6ccccc6)c54)c3)n2)cc1. The van der Waals surface area contributed by atoms with Crippen LogP contribution < -0.4 is 0 Å². The number of rotatable bonds is 7. The van der Waals surface area contributed by atoms with Crippen LogP contribution in [0.3, 0.4) is 0 Å². The van der Waals surface area contributed by atoms with Crippen LogP contribution in [0, 0.1) is 0 Å². The lowest BCUT2D eigenvalue weighted by molar-refractivity contribution is 1.07. The highest BCUT2D eigenvalue weighted by atomic mass is 32.1. The molecule has 12 aromatic carbocycles. The van der Waals surface area contributed by atoms with Crippen molar-refractivity contribution in [1.29, 1.82) is 0 Å². The van der Waals surface area contributed by atoms with E-state index in [9.17, 15) is 0 Å². The molecule has 0 spiro atoms. The first-order chi connectivity index (χ1) is 41.2. The van der Waals surface area contributed by atoms with Gasteiger partial charge in [0, 0.05) is 103 Å². The van der Waals surface area contributed by atoms with Crippen LogP contribution in [0.4, 0.5) is 0 Å². The number of thiophene rings is 1. The third-order valence-electron chi connectivity index (χ3n) is 16.9. The average molecular weight is 1080 g/mol. The van der Waals surface area contributed by atoms with E-state index in [-0.39, 0.29) is 0 Å². The summed E-state index contributed by atoms with van der Waals surface area (Å²) in [4.78, 5) is 16.1. The van der Waals surface area contributed by atoms with Crippen molar-refractivity contribution in [2.24, 2.45) is 0 Å². The smallest absolute Gasteiger partial charge is 0.164 e. The van der Waals surface area contributed by atoms with Crippen LogP contribution in [0.5, 0.6) is 0 Å². The molecule has 0 bridgehead atoms. The number of aromatic nitrogens is 7. The molecule has 0 aliphatic rings. The van der Waals surface area contributed by atoms with Gasteiger partial charge in [0.15, 0.2) is 17.5 Å². The van der Waals surface area contributed by atoms with E-state index in [0.717, 1.165) is 89.0 Å². The Hall–Kier alpha value is -10.9. The Kier molecular flexibility index (Phi) is 9.83. The second-order valence-electron chi connectivity index (χ2n) is 21.5. The molecule has 0 radical (unpaired) electrons. The van der Waals surface area contributed by atoms with E-state index >= 15 is 0 Å². The summed E-state index contributed by atoms with van der Waals surface area (Å²) in [6.07, 6.45) is 0. The largest absolute Gasteiger partial charge is 0.309 e. The fourth-order valence-corrected chi connectivity index (χ4v) is 14.6. The van der Waals surface area contributed by atoms with Crippen molar-refractivity contribution >= 4 is 119 Å². The molecule has 6 heterocycles. The molecule has 0 aliphatic carbocycles. The summed E-state index contributed by atoms with van der Waals surface area (Å²) in [6.45, 7) is 0. The van der Waals surface area contributed by atoms with Crippen LogP contribution in [-0.4, -0.2) is 33.2 Å². The topological polar surface area (TPSA) is 58.4 Å². The van der Waals surface area contributed by atoms with Gasteiger partial charge in [-0.15, -0.1) is 11.3 Å². The fraction of sp³-hybridized carbons (Fsp3) is 0. The maximum absolute atomic E-state index is 5.45. The second kappa shape index (κ2) is 17.8. The lowest BCUT2D eigenvalue weighted by Crippen LogP contribution is -2.04. The molecule has 6 aromatic heterocycles. The number of para-hydroxylation sites is 6. The van der Waals surface area contributed by atoms with Gasteiger partial charge in [-0.2, -0.15) is 0 Å². The van der Waals surface area contributed by atoms with Gasteiger partial charge in [0.25, 0.3) is 0 Å². The number of fused-ring (bicyclic) bond motifs is 18. The Balaban J connectivity index is 1.05. The summed E-state index contributed by atoms with van der Waals surface area (Å²) in [5.74, 6) is 1.79. The molecule has 7 nitrogen and oxygen atoms in total. The standard InChI is InChI=1S/C75H45N7S/c1-5-23-46(24-6-1)73-76-74(47-25-7-2-8-26-47)78-75(77-73)48-41-51(79-60-36-18-13-31-53(60)58-44-59-54-32-17-22-40-65(54)83-66(59)45-64(58)79)43-52(42-48)82-63-39-21-16-35-57(63)69-71-67(55-33-14-19-37-61(55)80(71)49-27-9-3-10-28-49)70-68(72(69)82)56-34-15-20-38-62(56)81(70)50-29-11-4-12-30-50/h1-45H. The van der Waals surface area contributed by atoms with E-state index in [1.54, 1.807) is 0 Å². The van der Waals surface area contributed by atoms with Crippen molar-refractivity contribution in [3.63, 3.8) is 0 Å². The summed E-state index contributed by atoms with van der Waals surface area (Å²) in [5, 5.41) is 12.0. The molecule has 0 amide bonds. The molecule has 8 heteroatoms. The molecule has 0 N–H and O–H groups in total. The first-order valence-corrected chi connectivity index (χ1v) is 28.9. The molecule has 18 rings (SSSR count). The maximum atomic E-state index is 5.45. The van der Waals surface area contributed by atoms with Crippen molar-refractivity contribution in [2.75, 3.05) is 0 Å². The number of benzene rings is 12. The lowest BCUT2D eigenvalue weighted by atomic mass is 10.0. The van der Waals surface area contributed by atoms with Gasteiger partial charge in [0.2, 0.25) is 0 Å². The average Bonchev–Trinajstić information content (AvgIpc) is 3.44. The zero-order valence-electron chi connectivity index (χ0n) is 44.5. The monoisotopic (exact) mass is 1080 g/mol. The van der Waals surface area contributed by atoms with E-state index in [1.165, 1.54) is 57.9 Å². The molecule has 0 atom stereocenters. The number of hydrogen-bond acceptors (Lipinski definition) is 4. The zero-order valence-corrected chi connectivity index (χ0v) is 45.3. The van der Waals surface area contributed by atoms with Gasteiger partial charge in [0.1, 0.15) is 0 Å². The summed E-state index contributed by atoms with van der Waals surface area (Å²) in [7, 11) is 0. The summed E-state index contributed by atoms with van der Waals surface area (Å²) >= 11 is 1.85. The zero-order chi connectivity index (χ0) is 54.3. The van der Waals surface area contributed by atoms with E-state index in [4.69, 9.17) is 15.0 Å². The van der Waals surface area contributed by atoms with Crippen LogP contribution in [0.1, 0.15) is 0 Å². The molecule has 386 valence electrons. The van der Waals surface area contributed by atoms with Gasteiger partial charge in [-0.25, -0.2) is 15.0 Å². The molecule has 83 heavy (non-hydrogen) atoms. The summed E-state index contributed by atoms with van der Waals surface area (Å²) < 4.78 is 12.5. The first-order valence-electron chi connectivity index (χ1n) is 28.1. The lowest BCUT2D eigenvalue weighted by Gasteiger charge is -2.17. The van der Waals surface area contributed by atoms with Gasteiger partial charge < -0.3 is 18.3 Å². The molecule has 0 saturated heterocycles. The predicted molar refractivity (Wildman–Crippen MR) is 346 cm³/mol. The summed E-state index contributed by atoms with van der Waals surface area (Å²) in [5.41, 5.74) is 15.9. The molecular weight excluding hydrogens is 1030 g/mol. The fourth-order valence-electron chi connectivity index (χ4n) is 13.5. The van der Waals surface area contributed by atoms with Crippen molar-refractivity contribution in [3.05, 3.63) is 273 Å². The molecule has 18 aromatic rings. The molecule has 0 aliphatic heterocycles. The quantitative estimate of drug-likeness (QED) is 0.160. The third-order valence-corrected chi connectivity index (χ3v) is 18.0. The van der Waals surface area contributed by atoms with E-state index < -0.39 is 0 Å². The van der Waals surface area contributed by atoms with Crippen molar-refractivity contribution in [2.45, 2.75) is 0 Å². The minimum absolute atomic E-state index is 0.576.